The molecule has 0 aliphatic rings. The van der Waals surface area contributed by atoms with E-state index in [4.69, 9.17) is 0 Å². The molecule has 1 aromatic carbocycles. The maximum Gasteiger partial charge on any atom is -0.0244 e. The van der Waals surface area contributed by atoms with Crippen LogP contribution in [-0.4, -0.2) is 0 Å². The van der Waals surface area contributed by atoms with Crippen molar-refractivity contribution in [3.63, 3.8) is 0 Å². The van der Waals surface area contributed by atoms with Gasteiger partial charge in [0.05, 0.1) is 0 Å². The lowest BCUT2D eigenvalue weighted by Crippen LogP contribution is -1.82. The van der Waals surface area contributed by atoms with Crippen molar-refractivity contribution in [3.8, 4) is 0 Å². The Kier molecular flexibility index (Phi) is 4.04. The van der Waals surface area contributed by atoms with E-state index in [9.17, 15) is 0 Å². The van der Waals surface area contributed by atoms with Crippen molar-refractivity contribution in [2.75, 3.05) is 0 Å². The minimum absolute atomic E-state index is 1.09. The van der Waals surface area contributed by atoms with Gasteiger partial charge in [0.25, 0.3) is 0 Å². The summed E-state index contributed by atoms with van der Waals surface area (Å²) in [5.41, 5.74) is 2.73. The largest absolute Gasteiger partial charge is 0.0991 e. The Morgan fingerprint density at radius 3 is 2.54 bits per heavy atom. The van der Waals surface area contributed by atoms with E-state index in [2.05, 4.69) is 43.8 Å². The monoisotopic (exact) mass is 172 g/mol. The van der Waals surface area contributed by atoms with Crippen molar-refractivity contribution in [2.24, 2.45) is 0 Å². The summed E-state index contributed by atoms with van der Waals surface area (Å²) in [6, 6.07) is 8.70. The molecule has 0 saturated heterocycles. The van der Waals surface area contributed by atoms with Crippen molar-refractivity contribution < 1.29 is 0 Å². The average molecular weight is 172 g/mol. The highest BCUT2D eigenvalue weighted by Crippen LogP contribution is 2.05. The van der Waals surface area contributed by atoms with E-state index in [1.807, 2.05) is 12.2 Å². The quantitative estimate of drug-likeness (QED) is 0.608. The topological polar surface area (TPSA) is 0 Å². The Balaban J connectivity index is 2.41. The Hall–Kier alpha value is -1.30. The summed E-state index contributed by atoms with van der Waals surface area (Å²) in [5.74, 6) is 0. The van der Waals surface area contributed by atoms with Crippen LogP contribution in [0.2, 0.25) is 0 Å². The van der Waals surface area contributed by atoms with Crippen LogP contribution in [0.3, 0.4) is 0 Å². The van der Waals surface area contributed by atoms with Gasteiger partial charge in [-0.15, -0.1) is 0 Å². The van der Waals surface area contributed by atoms with Crippen molar-refractivity contribution in [1.82, 2.24) is 0 Å². The number of aryl methyl sites for hydroxylation is 2. The third kappa shape index (κ3) is 3.75. The Morgan fingerprint density at radius 1 is 1.23 bits per heavy atom. The zero-order valence-corrected chi connectivity index (χ0v) is 8.16. The van der Waals surface area contributed by atoms with Gasteiger partial charge in [0, 0.05) is 0 Å². The highest BCUT2D eigenvalue weighted by atomic mass is 13.9. The second kappa shape index (κ2) is 5.36. The second-order valence-corrected chi connectivity index (χ2v) is 3.19. The number of hydrogen-bond donors (Lipinski definition) is 0. The van der Waals surface area contributed by atoms with E-state index in [1.165, 1.54) is 11.1 Å². The molecule has 68 valence electrons. The highest BCUT2D eigenvalue weighted by Gasteiger charge is 1.89. The van der Waals surface area contributed by atoms with Gasteiger partial charge < -0.3 is 0 Å². The number of hydrogen-bond acceptors (Lipinski definition) is 0. The van der Waals surface area contributed by atoms with Crippen molar-refractivity contribution in [3.05, 3.63) is 60.2 Å². The molecular weight excluding hydrogens is 156 g/mol. The van der Waals surface area contributed by atoms with Gasteiger partial charge in [-0.1, -0.05) is 54.6 Å². The van der Waals surface area contributed by atoms with Gasteiger partial charge in [0.2, 0.25) is 0 Å². The SMILES string of the molecule is C=CC=CCCc1ccc(C)cc1. The predicted molar refractivity (Wildman–Crippen MR) is 58.8 cm³/mol. The van der Waals surface area contributed by atoms with Crippen molar-refractivity contribution >= 4 is 0 Å². The first-order valence-corrected chi connectivity index (χ1v) is 4.66. The average Bonchev–Trinajstić information content (AvgIpc) is 2.15. The van der Waals surface area contributed by atoms with E-state index < -0.39 is 0 Å². The molecule has 0 nitrogen and oxygen atoms in total. The zero-order chi connectivity index (χ0) is 9.52. The molecule has 0 radical (unpaired) electrons. The lowest BCUT2D eigenvalue weighted by atomic mass is 10.1. The lowest BCUT2D eigenvalue weighted by Gasteiger charge is -1.98. The van der Waals surface area contributed by atoms with Crippen molar-refractivity contribution in [1.29, 1.82) is 0 Å². The number of allylic oxidation sites excluding steroid dienone is 3. The molecule has 0 aliphatic carbocycles. The molecule has 13 heavy (non-hydrogen) atoms. The van der Waals surface area contributed by atoms with E-state index in [1.54, 1.807) is 0 Å². The van der Waals surface area contributed by atoms with Gasteiger partial charge in [0.15, 0.2) is 0 Å². The fourth-order valence-electron chi connectivity index (χ4n) is 1.20. The highest BCUT2D eigenvalue weighted by molar-refractivity contribution is 5.21. The lowest BCUT2D eigenvalue weighted by molar-refractivity contribution is 1.00. The second-order valence-electron chi connectivity index (χ2n) is 3.19. The van der Waals surface area contributed by atoms with Crippen LogP contribution in [0.25, 0.3) is 0 Å². The molecule has 0 saturated carbocycles. The minimum Gasteiger partial charge on any atom is -0.0991 e. The third-order valence-electron chi connectivity index (χ3n) is 1.99. The molecule has 0 unspecified atom stereocenters. The first kappa shape index (κ1) is 9.79. The maximum atomic E-state index is 3.63. The molecule has 1 rings (SSSR count). The summed E-state index contributed by atoms with van der Waals surface area (Å²) >= 11 is 0. The molecule has 1 aromatic rings. The van der Waals surface area contributed by atoms with Crippen LogP contribution in [0.5, 0.6) is 0 Å². The zero-order valence-electron chi connectivity index (χ0n) is 8.16. The smallest absolute Gasteiger partial charge is 0.0244 e. The first-order valence-electron chi connectivity index (χ1n) is 4.66. The van der Waals surface area contributed by atoms with E-state index in [-0.39, 0.29) is 0 Å². The molecule has 0 fully saturated rings. The first-order chi connectivity index (χ1) is 6.33. The van der Waals surface area contributed by atoms with Crippen LogP contribution < -0.4 is 0 Å². The maximum absolute atomic E-state index is 3.63. The molecule has 0 atom stereocenters. The van der Waals surface area contributed by atoms with E-state index >= 15 is 0 Å². The van der Waals surface area contributed by atoms with Gasteiger partial charge in [-0.25, -0.2) is 0 Å². The predicted octanol–water partition coefficient (Wildman–Crippen LogP) is 3.67. The van der Waals surface area contributed by atoms with Gasteiger partial charge >= 0.3 is 0 Å². The van der Waals surface area contributed by atoms with E-state index in [0.717, 1.165) is 12.8 Å². The Bertz CT molecular complexity index is 277. The molecule has 0 spiro atoms. The van der Waals surface area contributed by atoms with E-state index in [0.29, 0.717) is 0 Å². The molecule has 0 aromatic heterocycles. The summed E-state index contributed by atoms with van der Waals surface area (Å²) < 4.78 is 0. The van der Waals surface area contributed by atoms with Crippen LogP contribution in [0.4, 0.5) is 0 Å². The summed E-state index contributed by atoms with van der Waals surface area (Å²) in [4.78, 5) is 0. The van der Waals surface area contributed by atoms with Crippen LogP contribution in [0.1, 0.15) is 17.5 Å². The normalized spacial score (nSPS) is 10.5. The Labute approximate surface area is 80.6 Å². The standard InChI is InChI=1S/C13H16/c1-3-4-5-6-7-13-10-8-12(2)9-11-13/h3-5,8-11H,1,6-7H2,2H3. The fourth-order valence-corrected chi connectivity index (χ4v) is 1.20. The Morgan fingerprint density at radius 2 is 1.92 bits per heavy atom. The van der Waals surface area contributed by atoms with Crippen molar-refractivity contribution in [2.45, 2.75) is 19.8 Å². The van der Waals surface area contributed by atoms with Crippen LogP contribution in [-0.2, 0) is 6.42 Å². The molecule has 0 N–H and O–H groups in total. The van der Waals surface area contributed by atoms with Gasteiger partial charge in [-0.05, 0) is 25.3 Å². The van der Waals surface area contributed by atoms with Crippen LogP contribution in [0, 0.1) is 6.92 Å². The third-order valence-corrected chi connectivity index (χ3v) is 1.99. The summed E-state index contributed by atoms with van der Waals surface area (Å²) in [5, 5.41) is 0. The number of rotatable bonds is 4. The molecule has 0 amide bonds. The summed E-state index contributed by atoms with van der Waals surface area (Å²) in [6.45, 7) is 5.74. The fraction of sp³-hybridized carbons (Fsp3) is 0.231. The number of benzene rings is 1. The summed E-state index contributed by atoms with van der Waals surface area (Å²) in [6.07, 6.45) is 8.16. The summed E-state index contributed by atoms with van der Waals surface area (Å²) in [7, 11) is 0. The molecular formula is C13H16. The minimum atomic E-state index is 1.09. The van der Waals surface area contributed by atoms with Gasteiger partial charge in [0.1, 0.15) is 0 Å². The molecule has 0 heterocycles. The van der Waals surface area contributed by atoms with Gasteiger partial charge in [-0.2, -0.15) is 0 Å². The molecule has 0 bridgehead atoms. The molecule has 0 aliphatic heterocycles. The van der Waals surface area contributed by atoms with Crippen LogP contribution in [0.15, 0.2) is 49.1 Å². The van der Waals surface area contributed by atoms with Crippen LogP contribution >= 0.6 is 0 Å². The molecule has 0 heteroatoms. The van der Waals surface area contributed by atoms with Gasteiger partial charge in [-0.3, -0.25) is 0 Å².